The van der Waals surface area contributed by atoms with Gasteiger partial charge >= 0.3 is 75.0 Å². The zero-order chi connectivity index (χ0) is 6.28. The Balaban J connectivity index is -0.0000000233. The van der Waals surface area contributed by atoms with Crippen molar-refractivity contribution in [1.82, 2.24) is 0 Å². The average Bonchev–Trinajstić information content (AvgIpc) is 1.33. The summed E-state index contributed by atoms with van der Waals surface area (Å²) < 4.78 is 0. The van der Waals surface area contributed by atoms with Crippen LogP contribution in [0.2, 0.25) is 0 Å². The van der Waals surface area contributed by atoms with E-state index in [0.29, 0.717) is 0 Å². The van der Waals surface area contributed by atoms with Gasteiger partial charge in [-0.2, -0.15) is 5.26 Å². The summed E-state index contributed by atoms with van der Waals surface area (Å²) >= 11 is 0. The quantitative estimate of drug-likeness (QED) is 0.504. The van der Waals surface area contributed by atoms with Crippen LogP contribution in [0.15, 0.2) is 0 Å². The third-order valence-electron chi connectivity index (χ3n) is 0. The number of hydrogen-bond acceptors (Lipinski definition) is 2. The molecule has 0 aromatic heterocycles. The molecule has 0 aliphatic heterocycles. The Labute approximate surface area is 107 Å². The minimum Gasteiger partial charge on any atom is -1.00 e. The minimum atomic E-state index is -1.83. The zero-order valence-electron chi connectivity index (χ0n) is 5.75. The van der Waals surface area contributed by atoms with Gasteiger partial charge in [0.25, 0.3) is 0 Å². The van der Waals surface area contributed by atoms with Crippen LogP contribution in [0.4, 0.5) is 4.79 Å². The molecule has 0 heterocycles. The van der Waals surface area contributed by atoms with Crippen LogP contribution in [-0.4, -0.2) is 16.4 Å². The van der Waals surface area contributed by atoms with Gasteiger partial charge in [0.05, 0.1) is 6.07 Å². The third-order valence-corrected chi connectivity index (χ3v) is 0. The first-order chi connectivity index (χ1) is 3.15. The Kier molecular flexibility index (Phi) is 31.2. The fourth-order valence-electron chi connectivity index (χ4n) is 0. The Morgan fingerprint density at radius 1 is 1.75 bits per heavy atom. The van der Waals surface area contributed by atoms with Crippen molar-refractivity contribution >= 4 is 6.16 Å². The predicted octanol–water partition coefficient (Wildman–Crippen LogP) is -2.13. The van der Waals surface area contributed by atoms with Gasteiger partial charge in [-0.15, -0.1) is 0 Å². The normalized spacial score (nSPS) is 4.00. The number of nitriles is 1. The summed E-state index contributed by atoms with van der Waals surface area (Å²) in [5.41, 5.74) is 0. The van der Waals surface area contributed by atoms with Gasteiger partial charge < -0.3 is 11.6 Å². The van der Waals surface area contributed by atoms with E-state index >= 15 is 0 Å². The predicted molar refractivity (Wildman–Crippen MR) is 23.1 cm³/mol. The van der Waals surface area contributed by atoms with Crippen LogP contribution in [0, 0.1) is 11.3 Å². The summed E-state index contributed by atoms with van der Waals surface area (Å²) in [6, 6.07) is 1.75. The third kappa shape index (κ3) is 349. The molecule has 0 aliphatic rings. The fraction of sp³-hybridized carbons (Fsp3) is 0.333. The molecule has 0 aromatic carbocycles. The van der Waals surface area contributed by atoms with E-state index in [1.165, 1.54) is 6.92 Å². The second kappa shape index (κ2) is 15.7. The molecule has 0 bridgehead atoms. The van der Waals surface area contributed by atoms with Crippen LogP contribution in [0.1, 0.15) is 8.35 Å². The Hall–Kier alpha value is 0.812. The smallest absolute Gasteiger partial charge is 1.00 e. The largest absolute Gasteiger partial charge is 1.00 e. The Morgan fingerprint density at radius 2 is 1.75 bits per heavy atom. The van der Waals surface area contributed by atoms with Gasteiger partial charge in [0.2, 0.25) is 0 Å². The van der Waals surface area contributed by atoms with Gasteiger partial charge in [0, 0.05) is 6.92 Å². The van der Waals surface area contributed by atoms with Gasteiger partial charge in [-0.1, -0.05) is 0 Å². The molecule has 0 fully saturated rings. The van der Waals surface area contributed by atoms with Gasteiger partial charge in [0.1, 0.15) is 0 Å². The van der Waals surface area contributed by atoms with Gasteiger partial charge in [-0.3, -0.25) is 0 Å². The van der Waals surface area contributed by atoms with E-state index in [2.05, 4.69) is 0 Å². The maximum atomic E-state index is 8.56. The maximum absolute atomic E-state index is 8.56. The Bertz CT molecular complexity index is 87.5. The molecule has 0 rings (SSSR count). The van der Waals surface area contributed by atoms with Gasteiger partial charge in [-0.05, 0) is 0 Å². The number of carbonyl (C=O) groups is 1. The molecule has 8 heavy (non-hydrogen) atoms. The zero-order valence-corrected chi connectivity index (χ0v) is 11.0. The molecule has 0 radical (unpaired) electrons. The molecule has 0 unspecified atom stereocenters. The molecule has 0 saturated carbocycles. The summed E-state index contributed by atoms with van der Waals surface area (Å²) in [6.07, 6.45) is -1.83. The number of nitrogens with zero attached hydrogens (tertiary/aromatic N) is 1. The minimum absolute atomic E-state index is 0. The van der Waals surface area contributed by atoms with Crippen molar-refractivity contribution in [3.63, 3.8) is 0 Å². The number of carboxylic acid groups (broad SMARTS) is 2. The summed E-state index contributed by atoms with van der Waals surface area (Å²) in [4.78, 5) is 8.56. The van der Waals surface area contributed by atoms with Crippen molar-refractivity contribution in [3.05, 3.63) is 0 Å². The molecule has 0 aliphatic carbocycles. The molecule has 2 N–H and O–H groups in total. The van der Waals surface area contributed by atoms with Crippen LogP contribution < -0.4 is 68.9 Å². The van der Waals surface area contributed by atoms with Crippen molar-refractivity contribution in [1.29, 1.82) is 5.26 Å². The first-order valence-corrected chi connectivity index (χ1v) is 1.37. The second-order valence-corrected chi connectivity index (χ2v) is 0.506. The van der Waals surface area contributed by atoms with E-state index in [4.69, 9.17) is 20.3 Å². The van der Waals surface area contributed by atoms with Crippen LogP contribution in [0.25, 0.3) is 0 Å². The summed E-state index contributed by atoms with van der Waals surface area (Å²) in [5.74, 6) is 0. The van der Waals surface area contributed by atoms with E-state index in [9.17, 15) is 0 Å². The molecule has 0 aromatic rings. The fourth-order valence-corrected chi connectivity index (χ4v) is 0. The van der Waals surface area contributed by atoms with Crippen molar-refractivity contribution in [2.75, 3.05) is 0 Å². The molecule has 0 amide bonds. The monoisotopic (exact) mass is 237 g/mol. The molecule has 5 heteroatoms. The van der Waals surface area contributed by atoms with Crippen molar-refractivity contribution in [3.8, 4) is 6.07 Å². The van der Waals surface area contributed by atoms with Crippen LogP contribution in [-0.2, 0) is 0 Å². The van der Waals surface area contributed by atoms with Crippen molar-refractivity contribution in [2.45, 2.75) is 6.92 Å². The molecule has 0 saturated heterocycles. The van der Waals surface area contributed by atoms with E-state index in [1.54, 1.807) is 6.07 Å². The molecule has 0 spiro atoms. The van der Waals surface area contributed by atoms with Crippen LogP contribution in [0.5, 0.6) is 0 Å². The van der Waals surface area contributed by atoms with Gasteiger partial charge in [0.15, 0.2) is 0 Å². The number of hydrogen-bond donors (Lipinski definition) is 2. The Morgan fingerprint density at radius 3 is 1.75 bits per heavy atom. The maximum Gasteiger partial charge on any atom is 1.00 e. The standard InChI is InChI=1S/C2H3N.CH2O3.Cs.H/c1-2-3;2-1(3)4;;/h1H3;(H2,2,3,4);;/q;;+1;-1. The summed E-state index contributed by atoms with van der Waals surface area (Å²) in [6.45, 7) is 1.43. The van der Waals surface area contributed by atoms with E-state index in [1.807, 2.05) is 0 Å². The molecule has 4 nitrogen and oxygen atoms in total. The summed E-state index contributed by atoms with van der Waals surface area (Å²) in [5, 5.41) is 21.3. The molecule has 0 atom stereocenters. The van der Waals surface area contributed by atoms with E-state index < -0.39 is 6.16 Å². The van der Waals surface area contributed by atoms with E-state index in [-0.39, 0.29) is 70.3 Å². The first kappa shape index (κ1) is 15.9. The SMILES string of the molecule is CC#N.O=C(O)O.[Cs+].[H-]. The molecular weight excluding hydrogens is 231 g/mol. The van der Waals surface area contributed by atoms with Crippen LogP contribution in [0.3, 0.4) is 0 Å². The van der Waals surface area contributed by atoms with Crippen molar-refractivity contribution in [2.24, 2.45) is 0 Å². The first-order valence-electron chi connectivity index (χ1n) is 1.37. The topological polar surface area (TPSA) is 81.3 Å². The van der Waals surface area contributed by atoms with Gasteiger partial charge in [-0.25, -0.2) is 4.79 Å². The molecule has 42 valence electrons. The van der Waals surface area contributed by atoms with E-state index in [0.717, 1.165) is 0 Å². The summed E-state index contributed by atoms with van der Waals surface area (Å²) in [7, 11) is 0. The van der Waals surface area contributed by atoms with Crippen molar-refractivity contribution < 1.29 is 85.3 Å². The molecular formula is C3H6CsNO3. The van der Waals surface area contributed by atoms with Crippen LogP contribution >= 0.6 is 0 Å². The number of rotatable bonds is 0. The average molecular weight is 237 g/mol. The second-order valence-electron chi connectivity index (χ2n) is 0.506.